The number of rotatable bonds is 4. The molecule has 0 spiro atoms. The summed E-state index contributed by atoms with van der Waals surface area (Å²) in [4.78, 5) is 19.1. The Labute approximate surface area is 168 Å². The van der Waals surface area contributed by atoms with Crippen LogP contribution in [0.3, 0.4) is 0 Å². The molecule has 3 heterocycles. The second-order valence-corrected chi connectivity index (χ2v) is 7.29. The summed E-state index contributed by atoms with van der Waals surface area (Å²) in [6, 6.07) is 11.7. The predicted octanol–water partition coefficient (Wildman–Crippen LogP) is 3.61. The minimum absolute atomic E-state index is 0.0520. The fourth-order valence-electron chi connectivity index (χ4n) is 3.48. The quantitative estimate of drug-likeness (QED) is 0.678. The van der Waals surface area contributed by atoms with E-state index in [9.17, 15) is 9.18 Å². The highest BCUT2D eigenvalue weighted by Gasteiger charge is 2.27. The molecule has 1 aromatic carbocycles. The maximum Gasteiger partial charge on any atom is 0.272 e. The molecule has 1 aliphatic rings. The first-order valence-electron chi connectivity index (χ1n) is 9.68. The van der Waals surface area contributed by atoms with E-state index in [0.29, 0.717) is 24.5 Å². The number of aromatic nitrogens is 3. The molecule has 0 unspecified atom stereocenters. The molecule has 150 valence electrons. The summed E-state index contributed by atoms with van der Waals surface area (Å²) in [6.07, 6.45) is 3.34. The van der Waals surface area contributed by atoms with Crippen molar-refractivity contribution in [1.29, 1.82) is 0 Å². The maximum absolute atomic E-state index is 13.1. The molecule has 0 bridgehead atoms. The van der Waals surface area contributed by atoms with Gasteiger partial charge in [0, 0.05) is 44.2 Å². The summed E-state index contributed by atoms with van der Waals surface area (Å²) < 4.78 is 20.7. The Kier molecular flexibility index (Phi) is 5.29. The zero-order chi connectivity index (χ0) is 20.4. The van der Waals surface area contributed by atoms with Gasteiger partial charge in [-0.25, -0.2) is 4.39 Å². The molecule has 1 fully saturated rings. The van der Waals surface area contributed by atoms with E-state index in [1.807, 2.05) is 24.0 Å². The van der Waals surface area contributed by atoms with Gasteiger partial charge < -0.3 is 9.64 Å². The minimum Gasteiger partial charge on any atom is -0.489 e. The molecule has 6 nitrogen and oxygen atoms in total. The maximum atomic E-state index is 13.1. The fraction of sp³-hybridized carbons (Fsp3) is 0.318. The molecule has 0 saturated carbocycles. The van der Waals surface area contributed by atoms with Gasteiger partial charge in [-0.1, -0.05) is 0 Å². The molecule has 7 heteroatoms. The molecule has 29 heavy (non-hydrogen) atoms. The number of pyridine rings is 1. The van der Waals surface area contributed by atoms with E-state index < -0.39 is 0 Å². The lowest BCUT2D eigenvalue weighted by molar-refractivity contribution is 0.0585. The first-order chi connectivity index (χ1) is 14.0. The Morgan fingerprint density at radius 2 is 1.86 bits per heavy atom. The monoisotopic (exact) mass is 394 g/mol. The van der Waals surface area contributed by atoms with E-state index in [1.54, 1.807) is 36.1 Å². The van der Waals surface area contributed by atoms with Gasteiger partial charge in [0.05, 0.1) is 11.9 Å². The van der Waals surface area contributed by atoms with Crippen LogP contribution in [0.25, 0.3) is 11.3 Å². The number of amides is 1. The predicted molar refractivity (Wildman–Crippen MR) is 107 cm³/mol. The van der Waals surface area contributed by atoms with Crippen molar-refractivity contribution in [2.75, 3.05) is 13.1 Å². The van der Waals surface area contributed by atoms with Crippen molar-refractivity contribution in [1.82, 2.24) is 19.7 Å². The highest BCUT2D eigenvalue weighted by Crippen LogP contribution is 2.23. The van der Waals surface area contributed by atoms with E-state index in [-0.39, 0.29) is 17.8 Å². The van der Waals surface area contributed by atoms with Gasteiger partial charge in [-0.05, 0) is 49.4 Å². The van der Waals surface area contributed by atoms with Gasteiger partial charge in [-0.15, -0.1) is 0 Å². The Balaban J connectivity index is 1.39. The Hall–Kier alpha value is -3.22. The van der Waals surface area contributed by atoms with Crippen LogP contribution in [0.15, 0.2) is 48.7 Å². The lowest BCUT2D eigenvalue weighted by Crippen LogP contribution is -2.42. The largest absolute Gasteiger partial charge is 0.489 e. The van der Waals surface area contributed by atoms with Gasteiger partial charge in [0.25, 0.3) is 5.91 Å². The normalized spacial score (nSPS) is 14.8. The summed E-state index contributed by atoms with van der Waals surface area (Å²) in [6.45, 7) is 3.19. The number of nitrogens with zero attached hydrogens (tertiary/aromatic N) is 4. The van der Waals surface area contributed by atoms with Crippen molar-refractivity contribution in [2.24, 2.45) is 7.05 Å². The van der Waals surface area contributed by atoms with Crippen molar-refractivity contribution in [3.63, 3.8) is 0 Å². The fourth-order valence-corrected chi connectivity index (χ4v) is 3.48. The standard InChI is InChI=1S/C22H23FN4O2/c1-15-3-8-19(14-24-15)29-18-9-11-27(12-10-18)22(28)21-13-20(25-26(21)2)16-4-6-17(23)7-5-16/h3-8,13-14,18H,9-12H2,1-2H3. The third-order valence-corrected chi connectivity index (χ3v) is 5.16. The van der Waals surface area contributed by atoms with Crippen LogP contribution >= 0.6 is 0 Å². The summed E-state index contributed by atoms with van der Waals surface area (Å²) in [5.74, 6) is 0.409. The first kappa shape index (κ1) is 19.1. The van der Waals surface area contributed by atoms with Gasteiger partial charge in [0.15, 0.2) is 0 Å². The van der Waals surface area contributed by atoms with E-state index in [4.69, 9.17) is 4.74 Å². The van der Waals surface area contributed by atoms with Crippen molar-refractivity contribution in [3.05, 3.63) is 65.9 Å². The molecule has 0 atom stereocenters. The number of aryl methyl sites for hydroxylation is 2. The molecular weight excluding hydrogens is 371 g/mol. The minimum atomic E-state index is -0.299. The number of hydrogen-bond donors (Lipinski definition) is 0. The second kappa shape index (κ2) is 8.03. The molecule has 3 aromatic rings. The van der Waals surface area contributed by atoms with E-state index in [2.05, 4.69) is 10.1 Å². The third-order valence-electron chi connectivity index (χ3n) is 5.16. The van der Waals surface area contributed by atoms with Crippen LogP contribution in [0.4, 0.5) is 4.39 Å². The smallest absolute Gasteiger partial charge is 0.272 e. The SMILES string of the molecule is Cc1ccc(OC2CCN(C(=O)c3cc(-c4ccc(F)cc4)nn3C)CC2)cn1. The number of benzene rings is 1. The van der Waals surface area contributed by atoms with Crippen molar-refractivity contribution >= 4 is 5.91 Å². The molecule has 1 amide bonds. The molecule has 0 N–H and O–H groups in total. The molecule has 0 radical (unpaired) electrons. The Morgan fingerprint density at radius 3 is 2.52 bits per heavy atom. The Morgan fingerprint density at radius 1 is 1.14 bits per heavy atom. The number of hydrogen-bond acceptors (Lipinski definition) is 4. The van der Waals surface area contributed by atoms with Crippen LogP contribution < -0.4 is 4.74 Å². The Bertz CT molecular complexity index is 991. The molecular formula is C22H23FN4O2. The van der Waals surface area contributed by atoms with Crippen molar-refractivity contribution in [2.45, 2.75) is 25.9 Å². The second-order valence-electron chi connectivity index (χ2n) is 7.29. The summed E-state index contributed by atoms with van der Waals surface area (Å²) >= 11 is 0. The zero-order valence-electron chi connectivity index (χ0n) is 16.5. The molecule has 1 aliphatic heterocycles. The van der Waals surface area contributed by atoms with Crippen LogP contribution in [0.1, 0.15) is 29.0 Å². The third kappa shape index (κ3) is 4.29. The van der Waals surface area contributed by atoms with Gasteiger partial charge in [0.2, 0.25) is 0 Å². The van der Waals surface area contributed by atoms with Crippen LogP contribution in [0.5, 0.6) is 5.75 Å². The van der Waals surface area contributed by atoms with E-state index >= 15 is 0 Å². The molecule has 2 aromatic heterocycles. The average Bonchev–Trinajstić information content (AvgIpc) is 3.12. The highest BCUT2D eigenvalue weighted by atomic mass is 19.1. The lowest BCUT2D eigenvalue weighted by atomic mass is 10.1. The lowest BCUT2D eigenvalue weighted by Gasteiger charge is -2.32. The summed E-state index contributed by atoms with van der Waals surface area (Å²) in [7, 11) is 1.75. The van der Waals surface area contributed by atoms with Gasteiger partial charge in [-0.3, -0.25) is 14.5 Å². The number of carbonyl (C=O) groups excluding carboxylic acids is 1. The number of ether oxygens (including phenoxy) is 1. The highest BCUT2D eigenvalue weighted by molar-refractivity contribution is 5.93. The number of likely N-dealkylation sites (tertiary alicyclic amines) is 1. The molecule has 0 aliphatic carbocycles. The number of carbonyl (C=O) groups is 1. The number of piperidine rings is 1. The van der Waals surface area contributed by atoms with Crippen LogP contribution in [0.2, 0.25) is 0 Å². The van der Waals surface area contributed by atoms with Gasteiger partial charge >= 0.3 is 0 Å². The summed E-state index contributed by atoms with van der Waals surface area (Å²) in [5, 5.41) is 4.42. The zero-order valence-corrected chi connectivity index (χ0v) is 16.5. The van der Waals surface area contributed by atoms with Crippen LogP contribution in [-0.2, 0) is 7.05 Å². The number of halogens is 1. The average molecular weight is 394 g/mol. The van der Waals surface area contributed by atoms with Crippen molar-refractivity contribution < 1.29 is 13.9 Å². The van der Waals surface area contributed by atoms with Crippen molar-refractivity contribution in [3.8, 4) is 17.0 Å². The van der Waals surface area contributed by atoms with E-state index in [1.165, 1.54) is 12.1 Å². The van der Waals surface area contributed by atoms with E-state index in [0.717, 1.165) is 29.8 Å². The van der Waals surface area contributed by atoms with Gasteiger partial charge in [0.1, 0.15) is 23.4 Å². The first-order valence-corrected chi connectivity index (χ1v) is 9.68. The topological polar surface area (TPSA) is 60.2 Å². The summed E-state index contributed by atoms with van der Waals surface area (Å²) in [5.41, 5.74) is 2.90. The molecule has 1 saturated heterocycles. The molecule has 4 rings (SSSR count). The van der Waals surface area contributed by atoms with Crippen LogP contribution in [0, 0.1) is 12.7 Å². The van der Waals surface area contributed by atoms with Crippen LogP contribution in [-0.4, -0.2) is 44.8 Å². The van der Waals surface area contributed by atoms with Gasteiger partial charge in [-0.2, -0.15) is 5.10 Å².